The molecule has 2 heterocycles. The van der Waals surface area contributed by atoms with Crippen molar-refractivity contribution in [3.8, 4) is 5.75 Å². The van der Waals surface area contributed by atoms with Crippen molar-refractivity contribution < 1.29 is 33.1 Å². The SMILES string of the molecule is CCC(C)OP(=O)(O)CNC(=O)c1c2c(c(O)c3ncccc13)C(=O)N(Cc1ccc(F)cc1)C2. The highest BCUT2D eigenvalue weighted by molar-refractivity contribution is 7.52. The number of hydrogen-bond donors (Lipinski definition) is 3. The summed E-state index contributed by atoms with van der Waals surface area (Å²) in [7, 11) is -4.11. The van der Waals surface area contributed by atoms with Crippen molar-refractivity contribution in [1.29, 1.82) is 0 Å². The molecule has 0 saturated carbocycles. The van der Waals surface area contributed by atoms with Crippen LogP contribution in [-0.2, 0) is 22.2 Å². The van der Waals surface area contributed by atoms with E-state index in [1.165, 1.54) is 23.2 Å². The van der Waals surface area contributed by atoms with E-state index < -0.39 is 37.6 Å². The third-order valence-electron chi connectivity index (χ3n) is 5.86. The second-order valence-electron chi connectivity index (χ2n) is 8.39. The Hall–Kier alpha value is -3.33. The van der Waals surface area contributed by atoms with Gasteiger partial charge in [-0.2, -0.15) is 0 Å². The van der Waals surface area contributed by atoms with Gasteiger partial charge in [0.15, 0.2) is 5.75 Å². The first-order valence-corrected chi connectivity index (χ1v) is 12.8. The number of halogens is 1. The Bertz CT molecular complexity index is 1350. The maximum atomic E-state index is 13.3. The Labute approximate surface area is 201 Å². The lowest BCUT2D eigenvalue weighted by Gasteiger charge is -2.18. The molecule has 35 heavy (non-hydrogen) atoms. The molecule has 3 N–H and O–H groups in total. The molecule has 2 atom stereocenters. The number of aromatic nitrogens is 1. The van der Waals surface area contributed by atoms with Gasteiger partial charge in [0.1, 0.15) is 17.6 Å². The lowest BCUT2D eigenvalue weighted by molar-refractivity contribution is 0.0763. The fourth-order valence-corrected chi connectivity index (χ4v) is 5.13. The van der Waals surface area contributed by atoms with Crippen LogP contribution >= 0.6 is 7.60 Å². The topological polar surface area (TPSA) is 129 Å². The van der Waals surface area contributed by atoms with E-state index >= 15 is 0 Å². The molecule has 1 aliphatic heterocycles. The van der Waals surface area contributed by atoms with Crippen molar-refractivity contribution >= 4 is 30.3 Å². The number of rotatable bonds is 8. The highest BCUT2D eigenvalue weighted by Crippen LogP contribution is 2.43. The molecule has 2 unspecified atom stereocenters. The lowest BCUT2D eigenvalue weighted by atomic mass is 9.96. The van der Waals surface area contributed by atoms with Gasteiger partial charge in [-0.15, -0.1) is 0 Å². The Balaban J connectivity index is 1.69. The van der Waals surface area contributed by atoms with Crippen molar-refractivity contribution in [1.82, 2.24) is 15.2 Å². The van der Waals surface area contributed by atoms with E-state index in [4.69, 9.17) is 4.52 Å². The first kappa shape index (κ1) is 24.8. The number of aromatic hydroxyl groups is 1. The maximum Gasteiger partial charge on any atom is 0.347 e. The van der Waals surface area contributed by atoms with Gasteiger partial charge in [-0.3, -0.25) is 19.1 Å². The van der Waals surface area contributed by atoms with Crippen molar-refractivity contribution in [3.63, 3.8) is 0 Å². The summed E-state index contributed by atoms with van der Waals surface area (Å²) in [6.07, 6.45) is 0.851. The van der Waals surface area contributed by atoms with Gasteiger partial charge in [-0.1, -0.05) is 25.1 Å². The highest BCUT2D eigenvalue weighted by Gasteiger charge is 2.37. The first-order chi connectivity index (χ1) is 16.6. The number of phenolic OH excluding ortho intramolecular Hbond substituents is 1. The standard InChI is InChI=1S/C24H25FN3O6P/c1-3-14(2)34-35(32,33)13-27-23(30)19-17-5-4-10-26-21(17)22(29)20-18(19)12-28(24(20)31)11-15-6-8-16(25)9-7-15/h4-10,14,29H,3,11-13H2,1-2H3,(H,27,30)(H,32,33). The maximum absolute atomic E-state index is 13.3. The molecule has 4 rings (SSSR count). The second kappa shape index (κ2) is 9.73. The van der Waals surface area contributed by atoms with Gasteiger partial charge in [0.05, 0.1) is 17.2 Å². The third-order valence-corrected chi connectivity index (χ3v) is 7.11. The summed E-state index contributed by atoms with van der Waals surface area (Å²) in [5, 5.41) is 13.6. The van der Waals surface area contributed by atoms with Gasteiger partial charge in [0, 0.05) is 30.2 Å². The summed E-state index contributed by atoms with van der Waals surface area (Å²) in [6, 6.07) is 8.83. The van der Waals surface area contributed by atoms with Crippen LogP contribution in [0, 0.1) is 5.82 Å². The minimum Gasteiger partial charge on any atom is -0.505 e. The molecule has 0 saturated heterocycles. The molecule has 9 nitrogen and oxygen atoms in total. The molecule has 0 spiro atoms. The zero-order valence-corrected chi connectivity index (χ0v) is 20.1. The molecule has 2 aromatic carbocycles. The van der Waals surface area contributed by atoms with Crippen LogP contribution in [0.1, 0.15) is 52.1 Å². The quantitative estimate of drug-likeness (QED) is 0.399. The average Bonchev–Trinajstić information content (AvgIpc) is 3.14. The van der Waals surface area contributed by atoms with Gasteiger partial charge in [-0.05, 0) is 37.1 Å². The molecule has 2 amide bonds. The third kappa shape index (κ3) is 5.05. The second-order valence-corrected chi connectivity index (χ2v) is 10.2. The first-order valence-electron chi connectivity index (χ1n) is 11.1. The lowest BCUT2D eigenvalue weighted by Crippen LogP contribution is -2.27. The Morgan fingerprint density at radius 1 is 1.31 bits per heavy atom. The highest BCUT2D eigenvalue weighted by atomic mass is 31.2. The Kier molecular flexibility index (Phi) is 6.89. The summed E-state index contributed by atoms with van der Waals surface area (Å²) in [4.78, 5) is 42.1. The fraction of sp³-hybridized carbons (Fsp3) is 0.292. The van der Waals surface area contributed by atoms with E-state index in [1.807, 2.05) is 0 Å². The van der Waals surface area contributed by atoms with Crippen LogP contribution in [0.15, 0.2) is 42.6 Å². The Morgan fingerprint density at radius 2 is 2.03 bits per heavy atom. The summed E-state index contributed by atoms with van der Waals surface area (Å²) in [6.45, 7) is 3.59. The molecule has 0 fully saturated rings. The number of nitrogens with one attached hydrogen (secondary N) is 1. The van der Waals surface area contributed by atoms with E-state index in [0.717, 1.165) is 0 Å². The van der Waals surface area contributed by atoms with E-state index in [0.29, 0.717) is 17.4 Å². The summed E-state index contributed by atoms with van der Waals surface area (Å²) in [5.74, 6) is -1.95. The minimum atomic E-state index is -4.11. The zero-order valence-electron chi connectivity index (χ0n) is 19.2. The largest absolute Gasteiger partial charge is 0.505 e. The van der Waals surface area contributed by atoms with Crippen molar-refractivity contribution in [2.45, 2.75) is 39.5 Å². The average molecular weight is 501 g/mol. The van der Waals surface area contributed by atoms with Gasteiger partial charge >= 0.3 is 7.60 Å². The predicted molar refractivity (Wildman–Crippen MR) is 126 cm³/mol. The van der Waals surface area contributed by atoms with Crippen LogP contribution in [0.25, 0.3) is 10.9 Å². The van der Waals surface area contributed by atoms with Crippen LogP contribution in [0.5, 0.6) is 5.75 Å². The minimum absolute atomic E-state index is 0.00679. The van der Waals surface area contributed by atoms with Crippen molar-refractivity contribution in [2.24, 2.45) is 0 Å². The summed E-state index contributed by atoms with van der Waals surface area (Å²) in [5.41, 5.74) is 1.05. The smallest absolute Gasteiger partial charge is 0.347 e. The summed E-state index contributed by atoms with van der Waals surface area (Å²) < 4.78 is 30.8. The number of fused-ring (bicyclic) bond motifs is 2. The molecule has 184 valence electrons. The van der Waals surface area contributed by atoms with Gasteiger partial charge in [0.2, 0.25) is 0 Å². The number of pyridine rings is 1. The zero-order chi connectivity index (χ0) is 25.3. The molecule has 0 bridgehead atoms. The molecule has 11 heteroatoms. The van der Waals surface area contributed by atoms with E-state index in [1.54, 1.807) is 38.1 Å². The number of phenols is 1. The van der Waals surface area contributed by atoms with E-state index in [9.17, 15) is 28.5 Å². The van der Waals surface area contributed by atoms with E-state index in [-0.39, 0.29) is 41.0 Å². The van der Waals surface area contributed by atoms with Crippen LogP contribution < -0.4 is 5.32 Å². The molecule has 0 aliphatic carbocycles. The fourth-order valence-electron chi connectivity index (χ4n) is 4.00. The molecule has 1 aromatic heterocycles. The molecule has 0 radical (unpaired) electrons. The van der Waals surface area contributed by atoms with Crippen LogP contribution in [-0.4, -0.2) is 44.1 Å². The van der Waals surface area contributed by atoms with Crippen molar-refractivity contribution in [3.05, 3.63) is 70.7 Å². The molecular formula is C24H25FN3O6P. The normalized spacial score (nSPS) is 15.7. The molecular weight excluding hydrogens is 476 g/mol. The Morgan fingerprint density at radius 3 is 2.71 bits per heavy atom. The van der Waals surface area contributed by atoms with Crippen LogP contribution in [0.2, 0.25) is 0 Å². The monoisotopic (exact) mass is 501 g/mol. The molecule has 3 aromatic rings. The molecule has 1 aliphatic rings. The number of nitrogens with zero attached hydrogens (tertiary/aromatic N) is 2. The van der Waals surface area contributed by atoms with E-state index in [2.05, 4.69) is 10.3 Å². The number of carbonyl (C=O) groups excluding carboxylic acids is 2. The number of benzene rings is 2. The van der Waals surface area contributed by atoms with Gasteiger partial charge in [0.25, 0.3) is 11.8 Å². The van der Waals surface area contributed by atoms with Crippen LogP contribution in [0.3, 0.4) is 0 Å². The predicted octanol–water partition coefficient (Wildman–Crippen LogP) is 3.92. The number of hydrogen-bond acceptors (Lipinski definition) is 6. The van der Waals surface area contributed by atoms with Crippen molar-refractivity contribution in [2.75, 3.05) is 6.29 Å². The van der Waals surface area contributed by atoms with Gasteiger partial charge < -0.3 is 24.7 Å². The van der Waals surface area contributed by atoms with Gasteiger partial charge in [-0.25, -0.2) is 4.39 Å². The summed E-state index contributed by atoms with van der Waals surface area (Å²) >= 11 is 0. The van der Waals surface area contributed by atoms with Crippen LogP contribution in [0.4, 0.5) is 4.39 Å². The number of carbonyl (C=O) groups is 2. The number of amides is 2.